The summed E-state index contributed by atoms with van der Waals surface area (Å²) in [5, 5.41) is 13.3. The van der Waals surface area contributed by atoms with E-state index in [4.69, 9.17) is 10.00 Å². The van der Waals surface area contributed by atoms with E-state index in [0.717, 1.165) is 16.7 Å². The number of nitriles is 1. The van der Waals surface area contributed by atoms with Gasteiger partial charge in [0.2, 0.25) is 0 Å². The highest BCUT2D eigenvalue weighted by molar-refractivity contribution is 8.03. The molecule has 1 atom stereocenters. The normalized spacial score (nSPS) is 13.4. The molecule has 0 spiro atoms. The molecule has 4 nitrogen and oxygen atoms in total. The van der Waals surface area contributed by atoms with Gasteiger partial charge in [0.25, 0.3) is 5.91 Å². The molecule has 1 N–H and O–H groups in total. The maximum Gasteiger partial charge on any atom is 0.256 e. The molecule has 0 heterocycles. The molecule has 18 heavy (non-hydrogen) atoms. The molecule has 5 heteroatoms. The minimum Gasteiger partial charge on any atom is -0.369 e. The van der Waals surface area contributed by atoms with Crippen LogP contribution in [0.25, 0.3) is 0 Å². The van der Waals surface area contributed by atoms with Gasteiger partial charge in [-0.3, -0.25) is 4.79 Å². The lowest BCUT2D eigenvalue weighted by Crippen LogP contribution is -2.41. The number of hydrogen-bond acceptors (Lipinski definition) is 4. The molecule has 1 aromatic carbocycles. The number of ether oxygens (including phenoxy) is 1. The van der Waals surface area contributed by atoms with E-state index < -0.39 is 5.60 Å². The summed E-state index contributed by atoms with van der Waals surface area (Å²) in [6, 6.07) is 7.12. The molecule has 0 aliphatic rings. The van der Waals surface area contributed by atoms with Gasteiger partial charge in [-0.25, -0.2) is 0 Å². The molecule has 0 bridgehead atoms. The van der Waals surface area contributed by atoms with Gasteiger partial charge >= 0.3 is 0 Å². The van der Waals surface area contributed by atoms with Gasteiger partial charge in [-0.1, -0.05) is 6.92 Å². The Morgan fingerprint density at radius 1 is 1.50 bits per heavy atom. The van der Waals surface area contributed by atoms with Crippen LogP contribution < -0.4 is 5.32 Å². The zero-order valence-corrected chi connectivity index (χ0v) is 11.5. The predicted octanol–water partition coefficient (Wildman–Crippen LogP) is 3.01. The van der Waals surface area contributed by atoms with E-state index in [2.05, 4.69) is 5.32 Å². The second-order valence-electron chi connectivity index (χ2n) is 3.96. The molecule has 0 radical (unpaired) electrons. The number of thioether (sulfide) groups is 1. The molecule has 1 unspecified atom stereocenters. The number of amides is 1. The number of nitrogens with one attached hydrogen (secondary N) is 1. The van der Waals surface area contributed by atoms with E-state index in [0.29, 0.717) is 12.1 Å². The largest absolute Gasteiger partial charge is 0.369 e. The minimum atomic E-state index is -0.819. The van der Waals surface area contributed by atoms with Crippen LogP contribution in [0.3, 0.4) is 0 Å². The van der Waals surface area contributed by atoms with Crippen LogP contribution in [0.4, 0.5) is 5.69 Å². The van der Waals surface area contributed by atoms with Gasteiger partial charge in [0.15, 0.2) is 0 Å². The fourth-order valence-corrected chi connectivity index (χ4v) is 1.70. The molecule has 96 valence electrons. The van der Waals surface area contributed by atoms with E-state index in [-0.39, 0.29) is 5.91 Å². The van der Waals surface area contributed by atoms with Gasteiger partial charge in [-0.05, 0) is 49.4 Å². The maximum absolute atomic E-state index is 12.0. The lowest BCUT2D eigenvalue weighted by Gasteiger charge is -2.25. The monoisotopic (exact) mass is 264 g/mol. The molecule has 1 amide bonds. The average molecular weight is 264 g/mol. The third-order valence-corrected chi connectivity index (χ3v) is 3.48. The number of anilines is 1. The molecule has 0 aromatic heterocycles. The van der Waals surface area contributed by atoms with Crippen LogP contribution in [0, 0.1) is 10.7 Å². The van der Waals surface area contributed by atoms with Gasteiger partial charge in [-0.15, -0.1) is 0 Å². The Hall–Kier alpha value is -1.51. The van der Waals surface area contributed by atoms with Crippen molar-refractivity contribution >= 4 is 23.4 Å². The Balaban J connectivity index is 2.73. The number of hydrogen-bond donors (Lipinski definition) is 1. The summed E-state index contributed by atoms with van der Waals surface area (Å²) in [6.45, 7) is 3.65. The number of thiocyanates is 1. The highest BCUT2D eigenvalue weighted by atomic mass is 32.2. The number of nitrogens with zero attached hydrogens (tertiary/aromatic N) is 1. The first-order valence-corrected chi connectivity index (χ1v) is 6.40. The van der Waals surface area contributed by atoms with E-state index in [1.165, 1.54) is 7.11 Å². The molecule has 0 fully saturated rings. The smallest absolute Gasteiger partial charge is 0.256 e. The molecular formula is C13H16N2O2S. The average Bonchev–Trinajstić information content (AvgIpc) is 2.40. The van der Waals surface area contributed by atoms with Crippen LogP contribution in [-0.2, 0) is 9.53 Å². The number of carbonyl (C=O) groups excluding carboxylic acids is 1. The summed E-state index contributed by atoms with van der Waals surface area (Å²) in [7, 11) is 1.52. The van der Waals surface area contributed by atoms with Gasteiger partial charge in [0.1, 0.15) is 11.0 Å². The standard InChI is InChI=1S/C13H16N2O2S/c1-4-13(2,17-3)12(16)15-10-5-7-11(8-6-10)18-9-14/h5-8H,4H2,1-3H3,(H,15,16). The van der Waals surface area contributed by atoms with Gasteiger partial charge in [0.05, 0.1) is 0 Å². The first kappa shape index (κ1) is 14.6. The summed E-state index contributed by atoms with van der Waals surface area (Å²) in [5.74, 6) is -0.173. The van der Waals surface area contributed by atoms with Crippen molar-refractivity contribution in [3.8, 4) is 5.40 Å². The molecule has 0 saturated heterocycles. The second kappa shape index (κ2) is 6.43. The lowest BCUT2D eigenvalue weighted by atomic mass is 10.0. The van der Waals surface area contributed by atoms with E-state index >= 15 is 0 Å². The number of rotatable bonds is 5. The molecule has 1 rings (SSSR count). The first-order valence-electron chi connectivity index (χ1n) is 5.58. The Morgan fingerprint density at radius 3 is 2.56 bits per heavy atom. The van der Waals surface area contributed by atoms with Gasteiger partial charge in [-0.2, -0.15) is 5.26 Å². The van der Waals surface area contributed by atoms with Crippen LogP contribution in [0.15, 0.2) is 29.2 Å². The van der Waals surface area contributed by atoms with Crippen LogP contribution in [0.1, 0.15) is 20.3 Å². The molecule has 0 aliphatic carbocycles. The number of benzene rings is 1. The summed E-state index contributed by atoms with van der Waals surface area (Å²) in [6.07, 6.45) is 0.595. The summed E-state index contributed by atoms with van der Waals surface area (Å²) in [5.41, 5.74) is -0.126. The van der Waals surface area contributed by atoms with E-state index in [1.54, 1.807) is 31.2 Å². The fourth-order valence-electron chi connectivity index (χ4n) is 1.32. The van der Waals surface area contributed by atoms with Crippen molar-refractivity contribution in [1.29, 1.82) is 5.26 Å². The topological polar surface area (TPSA) is 62.1 Å². The number of methoxy groups -OCH3 is 1. The number of carbonyl (C=O) groups is 1. The third kappa shape index (κ3) is 3.49. The van der Waals surface area contributed by atoms with Gasteiger partial charge < -0.3 is 10.1 Å². The van der Waals surface area contributed by atoms with Crippen molar-refractivity contribution in [2.24, 2.45) is 0 Å². The molecular weight excluding hydrogens is 248 g/mol. The van der Waals surface area contributed by atoms with Gasteiger partial charge in [0, 0.05) is 17.7 Å². The third-order valence-electron chi connectivity index (χ3n) is 2.88. The minimum absolute atomic E-state index is 0.173. The molecule has 0 saturated carbocycles. The fraction of sp³-hybridized carbons (Fsp3) is 0.385. The van der Waals surface area contributed by atoms with Crippen molar-refractivity contribution in [3.63, 3.8) is 0 Å². The quantitative estimate of drug-likeness (QED) is 0.656. The lowest BCUT2D eigenvalue weighted by molar-refractivity contribution is -0.136. The van der Waals surface area contributed by atoms with Crippen LogP contribution in [-0.4, -0.2) is 18.6 Å². The van der Waals surface area contributed by atoms with Crippen molar-refractivity contribution in [2.45, 2.75) is 30.8 Å². The van der Waals surface area contributed by atoms with Crippen molar-refractivity contribution in [1.82, 2.24) is 0 Å². The van der Waals surface area contributed by atoms with Crippen molar-refractivity contribution < 1.29 is 9.53 Å². The predicted molar refractivity (Wildman–Crippen MR) is 72.2 cm³/mol. The first-order chi connectivity index (χ1) is 8.55. The Labute approximate surface area is 111 Å². The van der Waals surface area contributed by atoms with Crippen molar-refractivity contribution in [2.75, 3.05) is 12.4 Å². The van der Waals surface area contributed by atoms with E-state index in [1.807, 2.05) is 12.3 Å². The van der Waals surface area contributed by atoms with Crippen LogP contribution in [0.5, 0.6) is 0 Å². The van der Waals surface area contributed by atoms with E-state index in [9.17, 15) is 4.79 Å². The molecule has 0 aliphatic heterocycles. The highest BCUT2D eigenvalue weighted by Gasteiger charge is 2.30. The second-order valence-corrected chi connectivity index (χ2v) is 4.82. The summed E-state index contributed by atoms with van der Waals surface area (Å²) >= 11 is 1.09. The Kier molecular flexibility index (Phi) is 5.20. The van der Waals surface area contributed by atoms with Crippen molar-refractivity contribution in [3.05, 3.63) is 24.3 Å². The Morgan fingerprint density at radius 2 is 2.11 bits per heavy atom. The highest BCUT2D eigenvalue weighted by Crippen LogP contribution is 2.21. The van der Waals surface area contributed by atoms with Crippen LogP contribution >= 0.6 is 11.8 Å². The summed E-state index contributed by atoms with van der Waals surface area (Å²) in [4.78, 5) is 12.9. The zero-order valence-electron chi connectivity index (χ0n) is 10.7. The maximum atomic E-state index is 12.0. The Bertz CT molecular complexity index is 447. The molecule has 1 aromatic rings. The van der Waals surface area contributed by atoms with Crippen LogP contribution in [0.2, 0.25) is 0 Å². The SMILES string of the molecule is CCC(C)(OC)C(=O)Nc1ccc(SC#N)cc1. The summed E-state index contributed by atoms with van der Waals surface area (Å²) < 4.78 is 5.22. The zero-order chi connectivity index (χ0) is 13.6.